The Balaban J connectivity index is 3.22. The molecule has 0 rings (SSSR count). The van der Waals surface area contributed by atoms with E-state index in [0.29, 0.717) is 6.61 Å². The minimum Gasteiger partial charge on any atom is -0.460 e. The second-order valence-corrected chi connectivity index (χ2v) is 2.69. The van der Waals surface area contributed by atoms with Gasteiger partial charge >= 0.3 is 5.97 Å². The van der Waals surface area contributed by atoms with Gasteiger partial charge in [0.1, 0.15) is 13.2 Å². The van der Waals surface area contributed by atoms with Crippen LogP contribution in [-0.2, 0) is 14.3 Å². The van der Waals surface area contributed by atoms with Crippen LogP contribution >= 0.6 is 0 Å². The number of esters is 1. The molecule has 0 aliphatic carbocycles. The molecule has 0 aromatic heterocycles. The van der Waals surface area contributed by atoms with Gasteiger partial charge in [-0.15, -0.1) is 0 Å². The van der Waals surface area contributed by atoms with Crippen LogP contribution in [0.15, 0.2) is 24.8 Å². The maximum atomic E-state index is 10.9. The highest BCUT2D eigenvalue weighted by Gasteiger charge is 1.99. The summed E-state index contributed by atoms with van der Waals surface area (Å²) in [6.45, 7) is 6.33. The molecule has 0 N–H and O–H groups in total. The molecule has 0 heterocycles. The number of hydrogen-bond acceptors (Lipinski definition) is 3. The first-order chi connectivity index (χ1) is 6.81. The van der Waals surface area contributed by atoms with Gasteiger partial charge in [-0.2, -0.15) is 0 Å². The Hall–Kier alpha value is -1.09. The summed E-state index contributed by atoms with van der Waals surface area (Å²) in [4.78, 5) is 10.9. The Kier molecular flexibility index (Phi) is 9.22. The van der Waals surface area contributed by atoms with Crippen LogP contribution in [0.25, 0.3) is 0 Å². The predicted molar refractivity (Wildman–Crippen MR) is 56.0 cm³/mol. The minimum atomic E-state index is -0.343. The molecule has 0 atom stereocenters. The third-order valence-corrected chi connectivity index (χ3v) is 1.41. The molecule has 0 saturated heterocycles. The fourth-order valence-electron chi connectivity index (χ4n) is 0.785. The van der Waals surface area contributed by atoms with E-state index in [1.54, 1.807) is 0 Å². The van der Waals surface area contributed by atoms with Crippen molar-refractivity contribution in [3.63, 3.8) is 0 Å². The minimum absolute atomic E-state index is 0.0216. The average Bonchev–Trinajstić information content (AvgIpc) is 2.20. The van der Waals surface area contributed by atoms with Gasteiger partial charge in [0.15, 0.2) is 0 Å². The first-order valence-electron chi connectivity index (χ1n) is 4.80. The maximum Gasteiger partial charge on any atom is 0.332 e. The molecule has 0 aliphatic heterocycles. The zero-order valence-corrected chi connectivity index (χ0v) is 8.70. The fraction of sp³-hybridized carbons (Fsp3) is 0.545. The lowest BCUT2D eigenvalue weighted by Crippen LogP contribution is -2.12. The van der Waals surface area contributed by atoms with Crippen molar-refractivity contribution in [2.24, 2.45) is 0 Å². The molecular weight excluding hydrogens is 180 g/mol. The molecule has 0 unspecified atom stereocenters. The maximum absolute atomic E-state index is 10.9. The lowest BCUT2D eigenvalue weighted by atomic mass is 10.3. The molecule has 3 nitrogen and oxygen atoms in total. The highest BCUT2D eigenvalue weighted by Crippen LogP contribution is 1.89. The fourth-order valence-corrected chi connectivity index (χ4v) is 0.785. The second-order valence-electron chi connectivity index (χ2n) is 2.69. The molecule has 0 amide bonds. The Morgan fingerprint density at radius 2 is 2.21 bits per heavy atom. The molecule has 0 saturated carbocycles. The molecule has 0 aliphatic rings. The molecule has 14 heavy (non-hydrogen) atoms. The van der Waals surface area contributed by atoms with Crippen molar-refractivity contribution in [2.75, 3.05) is 19.8 Å². The summed E-state index contributed by atoms with van der Waals surface area (Å²) < 4.78 is 9.80. The average molecular weight is 198 g/mol. The molecule has 0 aromatic carbocycles. The Morgan fingerprint density at radius 3 is 2.86 bits per heavy atom. The molecule has 0 radical (unpaired) electrons. The number of ether oxygens (including phenoxy) is 2. The van der Waals surface area contributed by atoms with Crippen LogP contribution < -0.4 is 0 Å². The normalized spacial score (nSPS) is 10.4. The summed E-state index contributed by atoms with van der Waals surface area (Å²) in [5.74, 6) is -0.343. The highest BCUT2D eigenvalue weighted by molar-refractivity contribution is 5.70. The van der Waals surface area contributed by atoms with E-state index in [1.807, 2.05) is 6.08 Å². The van der Waals surface area contributed by atoms with Gasteiger partial charge in [0.2, 0.25) is 0 Å². The third kappa shape index (κ3) is 9.00. The quantitative estimate of drug-likeness (QED) is 0.340. The summed E-state index contributed by atoms with van der Waals surface area (Å²) >= 11 is 0. The van der Waals surface area contributed by atoms with E-state index in [1.165, 1.54) is 6.08 Å². The van der Waals surface area contributed by atoms with Crippen molar-refractivity contribution >= 4 is 5.97 Å². The van der Waals surface area contributed by atoms with Crippen molar-refractivity contribution < 1.29 is 14.3 Å². The van der Waals surface area contributed by atoms with Crippen molar-refractivity contribution in [1.29, 1.82) is 0 Å². The molecule has 0 aromatic rings. The monoisotopic (exact) mass is 198 g/mol. The largest absolute Gasteiger partial charge is 0.460 e. The summed E-state index contributed by atoms with van der Waals surface area (Å²) in [7, 11) is 0. The number of rotatable bonds is 8. The zero-order valence-electron chi connectivity index (χ0n) is 8.70. The summed E-state index contributed by atoms with van der Waals surface area (Å²) in [5.41, 5.74) is 0. The van der Waals surface area contributed by atoms with Crippen molar-refractivity contribution in [2.45, 2.75) is 19.8 Å². The van der Waals surface area contributed by atoms with Crippen LogP contribution in [0, 0.1) is 0 Å². The first kappa shape index (κ1) is 12.9. The summed E-state index contributed by atoms with van der Waals surface area (Å²) in [5, 5.41) is 0. The van der Waals surface area contributed by atoms with E-state index in [2.05, 4.69) is 19.6 Å². The first-order valence-corrected chi connectivity index (χ1v) is 4.80. The predicted octanol–water partition coefficient (Wildman–Crippen LogP) is 2.09. The molecule has 0 spiro atoms. The van der Waals surface area contributed by atoms with Crippen LogP contribution in [0.3, 0.4) is 0 Å². The highest BCUT2D eigenvalue weighted by atomic mass is 16.6. The van der Waals surface area contributed by atoms with E-state index in [-0.39, 0.29) is 19.2 Å². The lowest BCUT2D eigenvalue weighted by Gasteiger charge is -2.02. The van der Waals surface area contributed by atoms with E-state index >= 15 is 0 Å². The van der Waals surface area contributed by atoms with Crippen LogP contribution in [0.1, 0.15) is 19.8 Å². The molecular formula is C11H18O3. The van der Waals surface area contributed by atoms with Crippen molar-refractivity contribution in [1.82, 2.24) is 0 Å². The Morgan fingerprint density at radius 1 is 1.43 bits per heavy atom. The van der Waals surface area contributed by atoms with Crippen LogP contribution in [0.4, 0.5) is 0 Å². The summed E-state index contributed by atoms with van der Waals surface area (Å²) in [6, 6.07) is 0. The van der Waals surface area contributed by atoms with E-state index in [4.69, 9.17) is 9.47 Å². The second kappa shape index (κ2) is 9.99. The Bertz CT molecular complexity index is 185. The van der Waals surface area contributed by atoms with Gasteiger partial charge in [-0.25, -0.2) is 4.79 Å². The van der Waals surface area contributed by atoms with Gasteiger partial charge in [-0.05, 0) is 12.8 Å². The molecule has 0 fully saturated rings. The van der Waals surface area contributed by atoms with Crippen molar-refractivity contribution in [3.8, 4) is 0 Å². The van der Waals surface area contributed by atoms with Crippen LogP contribution in [0.5, 0.6) is 0 Å². The third-order valence-electron chi connectivity index (χ3n) is 1.41. The number of hydrogen-bond donors (Lipinski definition) is 0. The molecule has 0 bridgehead atoms. The SMILES string of the molecule is C=CCOC(=O)COCC/C=C\CC. The van der Waals surface area contributed by atoms with E-state index in [0.717, 1.165) is 12.8 Å². The Labute approximate surface area is 85.4 Å². The van der Waals surface area contributed by atoms with E-state index in [9.17, 15) is 4.79 Å². The van der Waals surface area contributed by atoms with Gasteiger partial charge in [0, 0.05) is 0 Å². The van der Waals surface area contributed by atoms with Gasteiger partial charge in [0.25, 0.3) is 0 Å². The number of carbonyl (C=O) groups is 1. The molecule has 3 heteroatoms. The zero-order chi connectivity index (χ0) is 10.6. The van der Waals surface area contributed by atoms with Crippen molar-refractivity contribution in [3.05, 3.63) is 24.8 Å². The van der Waals surface area contributed by atoms with E-state index < -0.39 is 0 Å². The number of allylic oxidation sites excluding steroid dienone is 1. The van der Waals surface area contributed by atoms with Gasteiger partial charge in [-0.3, -0.25) is 0 Å². The topological polar surface area (TPSA) is 35.5 Å². The summed E-state index contributed by atoms with van der Waals surface area (Å²) in [6.07, 6.45) is 7.50. The van der Waals surface area contributed by atoms with Crippen LogP contribution in [0.2, 0.25) is 0 Å². The number of carbonyl (C=O) groups excluding carboxylic acids is 1. The smallest absolute Gasteiger partial charge is 0.332 e. The van der Waals surface area contributed by atoms with Gasteiger partial charge < -0.3 is 9.47 Å². The molecule has 80 valence electrons. The van der Waals surface area contributed by atoms with Gasteiger partial charge in [-0.1, -0.05) is 31.7 Å². The lowest BCUT2D eigenvalue weighted by molar-refractivity contribution is -0.147. The standard InChI is InChI=1S/C11H18O3/c1-3-5-6-7-9-13-10-11(12)14-8-4-2/h4-6H,2-3,7-10H2,1H3/b6-5-. The van der Waals surface area contributed by atoms with Gasteiger partial charge in [0.05, 0.1) is 6.61 Å². The van der Waals surface area contributed by atoms with Crippen LogP contribution in [-0.4, -0.2) is 25.8 Å².